The predicted octanol–water partition coefficient (Wildman–Crippen LogP) is 4.60. The summed E-state index contributed by atoms with van der Waals surface area (Å²) in [7, 11) is 3.03. The molecule has 4 rings (SSSR count). The molecule has 0 bridgehead atoms. The van der Waals surface area contributed by atoms with E-state index < -0.39 is 0 Å². The minimum atomic E-state index is -0.293. The van der Waals surface area contributed by atoms with Gasteiger partial charge in [-0.1, -0.05) is 19.4 Å². The molecule has 1 N–H and O–H groups in total. The van der Waals surface area contributed by atoms with Crippen LogP contribution in [0.2, 0.25) is 0 Å². The summed E-state index contributed by atoms with van der Waals surface area (Å²) in [5.41, 5.74) is 4.39. The number of methoxy groups -OCH3 is 2. The van der Waals surface area contributed by atoms with E-state index in [-0.39, 0.29) is 24.0 Å². The van der Waals surface area contributed by atoms with Gasteiger partial charge in [0, 0.05) is 29.7 Å². The molecule has 6 heteroatoms. The van der Waals surface area contributed by atoms with E-state index in [9.17, 15) is 4.79 Å². The number of carbonyl (C=O) groups is 1. The Labute approximate surface area is 184 Å². The van der Waals surface area contributed by atoms with E-state index in [0.717, 1.165) is 43.6 Å². The highest BCUT2D eigenvalue weighted by Crippen LogP contribution is 2.47. The van der Waals surface area contributed by atoms with Gasteiger partial charge in [-0.05, 0) is 56.2 Å². The van der Waals surface area contributed by atoms with Crippen molar-refractivity contribution in [1.82, 2.24) is 9.88 Å². The molecule has 1 aromatic heterocycles. The van der Waals surface area contributed by atoms with Crippen molar-refractivity contribution in [3.63, 3.8) is 0 Å². The quantitative estimate of drug-likeness (QED) is 0.415. The molecule has 31 heavy (non-hydrogen) atoms. The Morgan fingerprint density at radius 2 is 2.13 bits per heavy atom. The molecule has 2 aliphatic rings. The molecule has 0 unspecified atom stereocenters. The lowest BCUT2D eigenvalue weighted by Crippen LogP contribution is -2.47. The molecule has 0 radical (unpaired) electrons. The number of H-pyrrole nitrogens is 1. The number of nitrogens with zero attached hydrogens (tertiary/aromatic N) is 1. The van der Waals surface area contributed by atoms with Gasteiger partial charge in [-0.15, -0.1) is 0 Å². The van der Waals surface area contributed by atoms with Crippen LogP contribution < -0.4 is 4.74 Å². The van der Waals surface area contributed by atoms with Crippen LogP contribution in [-0.2, 0) is 20.7 Å². The van der Waals surface area contributed by atoms with Crippen LogP contribution in [0.15, 0.2) is 30.0 Å². The van der Waals surface area contributed by atoms with Gasteiger partial charge in [-0.3, -0.25) is 4.90 Å². The lowest BCUT2D eigenvalue weighted by molar-refractivity contribution is -0.137. The third kappa shape index (κ3) is 3.93. The Morgan fingerprint density at radius 1 is 1.32 bits per heavy atom. The van der Waals surface area contributed by atoms with Crippen LogP contribution in [0.3, 0.4) is 0 Å². The largest absolute Gasteiger partial charge is 0.504 e. The molecule has 2 aromatic rings. The first-order chi connectivity index (χ1) is 15.0. The highest BCUT2D eigenvalue weighted by atomic mass is 16.5. The molecule has 2 aliphatic heterocycles. The van der Waals surface area contributed by atoms with Gasteiger partial charge in [0.2, 0.25) is 0 Å². The van der Waals surface area contributed by atoms with Crippen LogP contribution in [0.4, 0.5) is 0 Å². The normalized spacial score (nSPS) is 24.1. The van der Waals surface area contributed by atoms with Gasteiger partial charge in [-0.25, -0.2) is 4.79 Å². The second-order valence-electron chi connectivity index (χ2n) is 8.93. The van der Waals surface area contributed by atoms with Gasteiger partial charge < -0.3 is 19.2 Å². The number of carbonyl (C=O) groups excluding carboxylic acids is 1. The minimum absolute atomic E-state index is 0.0994. The summed E-state index contributed by atoms with van der Waals surface area (Å²) < 4.78 is 16.5. The van der Waals surface area contributed by atoms with E-state index in [1.165, 1.54) is 23.8 Å². The van der Waals surface area contributed by atoms with E-state index in [0.29, 0.717) is 11.5 Å². The molecule has 1 aromatic carbocycles. The molecule has 3 atom stereocenters. The third-order valence-corrected chi connectivity index (χ3v) is 6.81. The SMILES string of the molecule is CC[C@@H]1CN2CCc3c([nH]c4cccc(OC(C)C)c34)[C@@H]2C[C@@H]1/C(=C\OC)C(=O)OC. The van der Waals surface area contributed by atoms with Gasteiger partial charge in [0.25, 0.3) is 0 Å². The van der Waals surface area contributed by atoms with E-state index >= 15 is 0 Å². The molecular formula is C25H34N2O4. The predicted molar refractivity (Wildman–Crippen MR) is 121 cm³/mol. The summed E-state index contributed by atoms with van der Waals surface area (Å²) in [5.74, 6) is 1.15. The van der Waals surface area contributed by atoms with Crippen molar-refractivity contribution in [2.45, 2.75) is 52.2 Å². The zero-order chi connectivity index (χ0) is 22.1. The molecular weight excluding hydrogens is 392 g/mol. The molecule has 0 aliphatic carbocycles. The maximum absolute atomic E-state index is 12.5. The zero-order valence-corrected chi connectivity index (χ0v) is 19.2. The molecule has 0 spiro atoms. The van der Waals surface area contributed by atoms with Gasteiger partial charge >= 0.3 is 5.97 Å². The average Bonchev–Trinajstić information content (AvgIpc) is 3.15. The van der Waals surface area contributed by atoms with Crippen molar-refractivity contribution >= 4 is 16.9 Å². The maximum atomic E-state index is 12.5. The number of aromatic amines is 1. The van der Waals surface area contributed by atoms with E-state index in [1.54, 1.807) is 13.4 Å². The number of hydrogen-bond acceptors (Lipinski definition) is 5. The molecule has 0 amide bonds. The van der Waals surface area contributed by atoms with Crippen molar-refractivity contribution in [2.75, 3.05) is 27.3 Å². The Bertz CT molecular complexity index is 977. The summed E-state index contributed by atoms with van der Waals surface area (Å²) >= 11 is 0. The number of esters is 1. The number of fused-ring (bicyclic) bond motifs is 5. The van der Waals surface area contributed by atoms with E-state index in [2.05, 4.69) is 42.8 Å². The Balaban J connectivity index is 1.75. The summed E-state index contributed by atoms with van der Waals surface area (Å²) in [6, 6.07) is 6.48. The smallest absolute Gasteiger partial charge is 0.337 e. The topological polar surface area (TPSA) is 63.8 Å². The van der Waals surface area contributed by atoms with E-state index in [4.69, 9.17) is 14.2 Å². The lowest BCUT2D eigenvalue weighted by Gasteiger charge is -2.46. The zero-order valence-electron chi connectivity index (χ0n) is 19.2. The minimum Gasteiger partial charge on any atom is -0.504 e. The molecule has 1 saturated heterocycles. The molecule has 1 fully saturated rings. The second kappa shape index (κ2) is 8.95. The van der Waals surface area contributed by atoms with Gasteiger partial charge in [-0.2, -0.15) is 0 Å². The fourth-order valence-electron chi connectivity index (χ4n) is 5.46. The number of ether oxygens (including phenoxy) is 3. The number of hydrogen-bond donors (Lipinski definition) is 1. The highest BCUT2D eigenvalue weighted by molar-refractivity contribution is 5.91. The van der Waals surface area contributed by atoms with Crippen molar-refractivity contribution in [2.24, 2.45) is 11.8 Å². The number of rotatable bonds is 6. The van der Waals surface area contributed by atoms with Gasteiger partial charge in [0.05, 0.1) is 38.2 Å². The maximum Gasteiger partial charge on any atom is 0.337 e. The first kappa shape index (κ1) is 21.8. The summed E-state index contributed by atoms with van der Waals surface area (Å²) in [6.07, 6.45) is 4.59. The number of piperidine rings is 1. The highest BCUT2D eigenvalue weighted by Gasteiger charge is 2.42. The Morgan fingerprint density at radius 3 is 2.81 bits per heavy atom. The number of nitrogens with one attached hydrogen (secondary N) is 1. The van der Waals surface area contributed by atoms with Crippen LogP contribution in [-0.4, -0.2) is 49.3 Å². The Kier molecular flexibility index (Phi) is 6.28. The summed E-state index contributed by atoms with van der Waals surface area (Å²) in [5, 5.41) is 1.21. The monoisotopic (exact) mass is 426 g/mol. The van der Waals surface area contributed by atoms with Crippen molar-refractivity contribution in [3.8, 4) is 5.75 Å². The van der Waals surface area contributed by atoms with Crippen LogP contribution in [0.25, 0.3) is 10.9 Å². The number of aromatic nitrogens is 1. The van der Waals surface area contributed by atoms with Crippen molar-refractivity contribution in [1.29, 1.82) is 0 Å². The van der Waals surface area contributed by atoms with Gasteiger partial charge in [0.15, 0.2) is 0 Å². The van der Waals surface area contributed by atoms with Crippen LogP contribution in [0.5, 0.6) is 5.75 Å². The summed E-state index contributed by atoms with van der Waals surface area (Å²) in [6.45, 7) is 8.31. The third-order valence-electron chi connectivity index (χ3n) is 6.81. The van der Waals surface area contributed by atoms with Gasteiger partial charge in [0.1, 0.15) is 5.75 Å². The lowest BCUT2D eigenvalue weighted by atomic mass is 9.74. The van der Waals surface area contributed by atoms with Crippen LogP contribution in [0.1, 0.15) is 50.9 Å². The second-order valence-corrected chi connectivity index (χ2v) is 8.93. The molecule has 3 heterocycles. The fraction of sp³-hybridized carbons (Fsp3) is 0.560. The fourth-order valence-corrected chi connectivity index (χ4v) is 5.46. The van der Waals surface area contributed by atoms with Crippen molar-refractivity contribution in [3.05, 3.63) is 41.3 Å². The molecule has 168 valence electrons. The van der Waals surface area contributed by atoms with Crippen LogP contribution in [0, 0.1) is 11.8 Å². The Hall–Kier alpha value is -2.47. The summed E-state index contributed by atoms with van der Waals surface area (Å²) in [4.78, 5) is 18.8. The van der Waals surface area contributed by atoms with Crippen molar-refractivity contribution < 1.29 is 19.0 Å². The first-order valence-corrected chi connectivity index (χ1v) is 11.3. The number of benzene rings is 1. The molecule has 6 nitrogen and oxygen atoms in total. The first-order valence-electron chi connectivity index (χ1n) is 11.3. The average molecular weight is 427 g/mol. The molecule has 0 saturated carbocycles. The van der Waals surface area contributed by atoms with Crippen LogP contribution >= 0.6 is 0 Å². The van der Waals surface area contributed by atoms with E-state index in [1.807, 2.05) is 6.07 Å². The standard InChI is InChI=1S/C25H34N2O4/c1-6-16-13-27-11-10-17-23-20(8-7-9-22(23)31-15(2)3)26-24(17)21(27)12-18(16)19(14-29-4)25(28)30-5/h7-9,14-16,18,21,26H,6,10-13H2,1-5H3/b19-14+/t16-,18+,21+/m1/s1.